The lowest BCUT2D eigenvalue weighted by Crippen LogP contribution is -2.26. The first-order chi connectivity index (χ1) is 9.22. The number of nitriles is 1. The van der Waals surface area contributed by atoms with Gasteiger partial charge in [-0.2, -0.15) is 5.26 Å². The fourth-order valence-electron chi connectivity index (χ4n) is 2.31. The zero-order valence-electron chi connectivity index (χ0n) is 9.88. The molecular formula is C15H9ClN2O. The number of rotatable bonds is 1. The van der Waals surface area contributed by atoms with Crippen molar-refractivity contribution >= 4 is 23.2 Å². The minimum atomic E-state index is -0.579. The van der Waals surface area contributed by atoms with Crippen molar-refractivity contribution in [2.75, 3.05) is 4.90 Å². The summed E-state index contributed by atoms with van der Waals surface area (Å²) in [5.74, 6) is -0.149. The van der Waals surface area contributed by atoms with Crippen LogP contribution >= 0.6 is 11.6 Å². The van der Waals surface area contributed by atoms with E-state index in [0.29, 0.717) is 16.3 Å². The SMILES string of the molecule is N#CC1c2ccccc2C(=O)N1c1ccc(Cl)cc1. The maximum absolute atomic E-state index is 12.4. The van der Waals surface area contributed by atoms with Crippen molar-refractivity contribution in [1.82, 2.24) is 0 Å². The summed E-state index contributed by atoms with van der Waals surface area (Å²) < 4.78 is 0. The van der Waals surface area contributed by atoms with Crippen molar-refractivity contribution in [1.29, 1.82) is 5.26 Å². The number of benzene rings is 2. The quantitative estimate of drug-likeness (QED) is 0.794. The van der Waals surface area contributed by atoms with Crippen LogP contribution in [-0.4, -0.2) is 5.91 Å². The van der Waals surface area contributed by atoms with E-state index in [1.165, 1.54) is 4.90 Å². The van der Waals surface area contributed by atoms with Crippen molar-refractivity contribution in [3.05, 3.63) is 64.7 Å². The Morgan fingerprint density at radius 3 is 2.47 bits per heavy atom. The zero-order chi connectivity index (χ0) is 13.4. The van der Waals surface area contributed by atoms with Crippen LogP contribution in [0.1, 0.15) is 22.0 Å². The van der Waals surface area contributed by atoms with E-state index >= 15 is 0 Å². The van der Waals surface area contributed by atoms with Gasteiger partial charge in [-0.25, -0.2) is 0 Å². The van der Waals surface area contributed by atoms with Gasteiger partial charge in [0.05, 0.1) is 6.07 Å². The van der Waals surface area contributed by atoms with Gasteiger partial charge >= 0.3 is 0 Å². The van der Waals surface area contributed by atoms with Gasteiger partial charge in [0.2, 0.25) is 0 Å². The Morgan fingerprint density at radius 1 is 1.11 bits per heavy atom. The van der Waals surface area contributed by atoms with Crippen LogP contribution in [0, 0.1) is 11.3 Å². The van der Waals surface area contributed by atoms with E-state index in [1.54, 1.807) is 36.4 Å². The molecule has 92 valence electrons. The molecule has 19 heavy (non-hydrogen) atoms. The summed E-state index contributed by atoms with van der Waals surface area (Å²) in [4.78, 5) is 13.9. The lowest BCUT2D eigenvalue weighted by Gasteiger charge is -2.20. The average molecular weight is 269 g/mol. The highest BCUT2D eigenvalue weighted by Crippen LogP contribution is 2.37. The molecule has 3 nitrogen and oxygen atoms in total. The minimum Gasteiger partial charge on any atom is -0.288 e. The van der Waals surface area contributed by atoms with Gasteiger partial charge in [-0.3, -0.25) is 9.69 Å². The third-order valence-electron chi connectivity index (χ3n) is 3.19. The molecule has 0 aliphatic carbocycles. The molecule has 0 fully saturated rings. The highest BCUT2D eigenvalue weighted by Gasteiger charge is 2.37. The van der Waals surface area contributed by atoms with E-state index in [-0.39, 0.29) is 5.91 Å². The second kappa shape index (κ2) is 4.42. The molecule has 1 heterocycles. The lowest BCUT2D eigenvalue weighted by atomic mass is 10.1. The number of halogens is 1. The molecule has 0 radical (unpaired) electrons. The summed E-state index contributed by atoms with van der Waals surface area (Å²) in [6.07, 6.45) is 0. The van der Waals surface area contributed by atoms with E-state index < -0.39 is 6.04 Å². The molecule has 0 spiro atoms. The first-order valence-corrected chi connectivity index (χ1v) is 6.18. The maximum atomic E-state index is 12.4. The highest BCUT2D eigenvalue weighted by atomic mass is 35.5. The molecule has 0 N–H and O–H groups in total. The largest absolute Gasteiger partial charge is 0.288 e. The third kappa shape index (κ3) is 1.78. The molecule has 1 amide bonds. The Balaban J connectivity index is 2.12. The number of carbonyl (C=O) groups is 1. The number of amides is 1. The summed E-state index contributed by atoms with van der Waals surface area (Å²) in [6, 6.07) is 15.7. The molecule has 1 aliphatic rings. The number of fused-ring (bicyclic) bond motifs is 1. The maximum Gasteiger partial charge on any atom is 0.260 e. The summed E-state index contributed by atoms with van der Waals surface area (Å²) in [7, 11) is 0. The smallest absolute Gasteiger partial charge is 0.260 e. The van der Waals surface area contributed by atoms with E-state index in [4.69, 9.17) is 11.6 Å². The highest BCUT2D eigenvalue weighted by molar-refractivity contribution is 6.30. The second-order valence-corrected chi connectivity index (χ2v) is 4.71. The van der Waals surface area contributed by atoms with Crippen LogP contribution in [0.25, 0.3) is 0 Å². The summed E-state index contributed by atoms with van der Waals surface area (Å²) >= 11 is 5.85. The van der Waals surface area contributed by atoms with Crippen LogP contribution in [-0.2, 0) is 0 Å². The van der Waals surface area contributed by atoms with Crippen LogP contribution in [0.2, 0.25) is 5.02 Å². The van der Waals surface area contributed by atoms with Crippen LogP contribution in [0.3, 0.4) is 0 Å². The lowest BCUT2D eigenvalue weighted by molar-refractivity contribution is 0.0994. The molecule has 3 rings (SSSR count). The second-order valence-electron chi connectivity index (χ2n) is 4.27. The van der Waals surface area contributed by atoms with Crippen molar-refractivity contribution in [3.8, 4) is 6.07 Å². The van der Waals surface area contributed by atoms with Crippen molar-refractivity contribution in [3.63, 3.8) is 0 Å². The van der Waals surface area contributed by atoms with Crippen LogP contribution < -0.4 is 4.90 Å². The number of hydrogen-bond donors (Lipinski definition) is 0. The molecule has 2 aromatic carbocycles. The molecular weight excluding hydrogens is 260 g/mol. The molecule has 2 aromatic rings. The number of hydrogen-bond acceptors (Lipinski definition) is 2. The van der Waals surface area contributed by atoms with Crippen LogP contribution in [0.5, 0.6) is 0 Å². The Kier molecular flexibility index (Phi) is 2.73. The topological polar surface area (TPSA) is 44.1 Å². The fraction of sp³-hybridized carbons (Fsp3) is 0.0667. The molecule has 1 aliphatic heterocycles. The fourth-order valence-corrected chi connectivity index (χ4v) is 2.44. The molecule has 0 bridgehead atoms. The Labute approximate surface area is 115 Å². The van der Waals surface area contributed by atoms with Gasteiger partial charge in [-0.1, -0.05) is 29.8 Å². The van der Waals surface area contributed by atoms with Gasteiger partial charge in [0, 0.05) is 21.8 Å². The minimum absolute atomic E-state index is 0.149. The number of nitrogens with zero attached hydrogens (tertiary/aromatic N) is 2. The molecule has 0 aromatic heterocycles. The molecule has 1 unspecified atom stereocenters. The molecule has 1 atom stereocenters. The Hall–Kier alpha value is -2.31. The zero-order valence-corrected chi connectivity index (χ0v) is 10.6. The predicted octanol–water partition coefficient (Wildman–Crippen LogP) is 3.57. The van der Waals surface area contributed by atoms with Crippen molar-refractivity contribution in [2.24, 2.45) is 0 Å². The van der Waals surface area contributed by atoms with E-state index in [0.717, 1.165) is 5.56 Å². The normalized spacial score (nSPS) is 17.2. The van der Waals surface area contributed by atoms with Crippen molar-refractivity contribution in [2.45, 2.75) is 6.04 Å². The van der Waals surface area contributed by atoms with Crippen LogP contribution in [0.4, 0.5) is 5.69 Å². The first kappa shape index (κ1) is 11.8. The van der Waals surface area contributed by atoms with E-state index in [9.17, 15) is 10.1 Å². The summed E-state index contributed by atoms with van der Waals surface area (Å²) in [5, 5.41) is 9.95. The predicted molar refractivity (Wildman–Crippen MR) is 73.1 cm³/mol. The van der Waals surface area contributed by atoms with E-state index in [2.05, 4.69) is 6.07 Å². The van der Waals surface area contributed by atoms with Gasteiger partial charge < -0.3 is 0 Å². The number of anilines is 1. The average Bonchev–Trinajstić information content (AvgIpc) is 2.73. The molecule has 0 saturated carbocycles. The molecule has 0 saturated heterocycles. The Morgan fingerprint density at radius 2 is 1.79 bits per heavy atom. The first-order valence-electron chi connectivity index (χ1n) is 5.80. The van der Waals surface area contributed by atoms with E-state index in [1.807, 2.05) is 12.1 Å². The van der Waals surface area contributed by atoms with Gasteiger partial charge in [0.1, 0.15) is 0 Å². The molecule has 4 heteroatoms. The van der Waals surface area contributed by atoms with Gasteiger partial charge in [0.25, 0.3) is 5.91 Å². The summed E-state index contributed by atoms with van der Waals surface area (Å²) in [6.45, 7) is 0. The van der Waals surface area contributed by atoms with Crippen molar-refractivity contribution < 1.29 is 4.79 Å². The van der Waals surface area contributed by atoms with Gasteiger partial charge in [-0.15, -0.1) is 0 Å². The van der Waals surface area contributed by atoms with Gasteiger partial charge in [0.15, 0.2) is 6.04 Å². The Bertz CT molecular complexity index is 688. The summed E-state index contributed by atoms with van der Waals surface area (Å²) in [5.41, 5.74) is 2.02. The number of carbonyl (C=O) groups excluding carboxylic acids is 1. The third-order valence-corrected chi connectivity index (χ3v) is 3.44. The van der Waals surface area contributed by atoms with Gasteiger partial charge in [-0.05, 0) is 30.3 Å². The standard InChI is InChI=1S/C15H9ClN2O/c16-10-5-7-11(8-6-10)18-14(9-17)12-3-1-2-4-13(12)15(18)19/h1-8,14H. The van der Waals surface area contributed by atoms with Crippen LogP contribution in [0.15, 0.2) is 48.5 Å². The monoisotopic (exact) mass is 268 g/mol.